The van der Waals surface area contributed by atoms with Gasteiger partial charge in [0.25, 0.3) is 5.56 Å². The Morgan fingerprint density at radius 3 is 2.94 bits per heavy atom. The normalized spacial score (nSPS) is 10.4. The molecule has 0 spiro atoms. The summed E-state index contributed by atoms with van der Waals surface area (Å²) >= 11 is 10.3. The summed E-state index contributed by atoms with van der Waals surface area (Å²) < 4.78 is 6.41. The molecule has 0 atom stereocenters. The number of ether oxygens (including phenoxy) is 1. The third-order valence-electron chi connectivity index (χ3n) is 2.45. The fourth-order valence-electron chi connectivity index (χ4n) is 1.54. The number of hydrogen-bond donors (Lipinski definition) is 1. The molecule has 1 aromatic heterocycles. The average molecular weight is 311 g/mol. The van der Waals surface area contributed by atoms with Gasteiger partial charge in [-0.2, -0.15) is 0 Å². The molecule has 0 fully saturated rings. The molecule has 1 heterocycles. The number of thiol groups is 1. The van der Waals surface area contributed by atoms with Crippen LogP contribution in [0.4, 0.5) is 0 Å². The maximum absolute atomic E-state index is 12.2. The van der Waals surface area contributed by atoms with E-state index in [1.807, 2.05) is 0 Å². The van der Waals surface area contributed by atoms with E-state index in [0.29, 0.717) is 34.0 Å². The second-order valence-electron chi connectivity index (χ2n) is 3.53. The Bertz CT molecular complexity index is 623. The zero-order valence-corrected chi connectivity index (χ0v) is 15.0. The summed E-state index contributed by atoms with van der Waals surface area (Å²) in [7, 11) is 1.58. The molecule has 2 rings (SSSR count). The Balaban J connectivity index is 0.00000162. The van der Waals surface area contributed by atoms with Crippen LogP contribution in [0.3, 0.4) is 0 Å². The average Bonchev–Trinajstić information content (AvgIpc) is 2.33. The van der Waals surface area contributed by atoms with Gasteiger partial charge in [-0.3, -0.25) is 9.36 Å². The summed E-state index contributed by atoms with van der Waals surface area (Å²) in [5.41, 5.74) is 0.402. The van der Waals surface area contributed by atoms with Gasteiger partial charge in [-0.25, -0.2) is 4.98 Å². The van der Waals surface area contributed by atoms with E-state index in [2.05, 4.69) is 17.6 Å². The van der Waals surface area contributed by atoms with Crippen LogP contribution in [0.1, 0.15) is 1.43 Å². The van der Waals surface area contributed by atoms with Gasteiger partial charge in [-0.15, -0.1) is 12.6 Å². The van der Waals surface area contributed by atoms with Crippen molar-refractivity contribution < 1.29 is 57.5 Å². The van der Waals surface area contributed by atoms with E-state index < -0.39 is 0 Å². The summed E-state index contributed by atoms with van der Waals surface area (Å²) in [4.78, 5) is 16.9. The van der Waals surface area contributed by atoms with Crippen molar-refractivity contribution in [1.29, 1.82) is 0 Å². The standard InChI is InChI=1S/C11H11ClN2O2S.K.H/c1-16-5-4-14-6-13-7-2-3-8(17)10(12)9(7)11(14)15;;/h2-3,6,17H,4-5H2,1H3;;/q;+1;-1. The van der Waals surface area contributed by atoms with E-state index in [9.17, 15) is 4.79 Å². The number of hydrogen-bond acceptors (Lipinski definition) is 4. The summed E-state index contributed by atoms with van der Waals surface area (Å²) in [5.74, 6) is 0. The van der Waals surface area contributed by atoms with Gasteiger partial charge in [-0.1, -0.05) is 11.6 Å². The van der Waals surface area contributed by atoms with Gasteiger partial charge in [0.15, 0.2) is 0 Å². The van der Waals surface area contributed by atoms with Crippen LogP contribution in [-0.2, 0) is 11.3 Å². The van der Waals surface area contributed by atoms with Gasteiger partial charge >= 0.3 is 51.4 Å². The Morgan fingerprint density at radius 2 is 2.28 bits per heavy atom. The van der Waals surface area contributed by atoms with Crippen molar-refractivity contribution in [2.24, 2.45) is 0 Å². The fraction of sp³-hybridized carbons (Fsp3) is 0.273. The third kappa shape index (κ3) is 3.37. The van der Waals surface area contributed by atoms with Gasteiger partial charge in [0.05, 0.1) is 35.4 Å². The van der Waals surface area contributed by atoms with Crippen molar-refractivity contribution in [3.8, 4) is 0 Å². The van der Waals surface area contributed by atoms with E-state index in [4.69, 9.17) is 16.3 Å². The quantitative estimate of drug-likeness (QED) is 0.590. The molecule has 2 aromatic rings. The third-order valence-corrected chi connectivity index (χ3v) is 3.34. The maximum atomic E-state index is 12.2. The predicted octanol–water partition coefficient (Wildman–Crippen LogP) is -0.898. The SMILES string of the molecule is COCCn1cnc2ccc(S)c(Cl)c2c1=O.[H-].[K+]. The number of fused-ring (bicyclic) bond motifs is 1. The number of rotatable bonds is 3. The number of aromatic nitrogens is 2. The van der Waals surface area contributed by atoms with Gasteiger partial charge in [0.2, 0.25) is 0 Å². The molecular formula is C11H12ClKN2O2S. The Kier molecular flexibility index (Phi) is 6.84. The van der Waals surface area contributed by atoms with Crippen LogP contribution in [0.25, 0.3) is 10.9 Å². The van der Waals surface area contributed by atoms with Crippen LogP contribution >= 0.6 is 24.2 Å². The zero-order chi connectivity index (χ0) is 12.4. The molecule has 1 aromatic carbocycles. The first-order valence-electron chi connectivity index (χ1n) is 5.00. The number of methoxy groups -OCH3 is 1. The smallest absolute Gasteiger partial charge is 1.00 e. The van der Waals surface area contributed by atoms with E-state index in [1.54, 1.807) is 19.2 Å². The van der Waals surface area contributed by atoms with Gasteiger partial charge in [0, 0.05) is 12.0 Å². The monoisotopic (exact) mass is 310 g/mol. The van der Waals surface area contributed by atoms with Crippen molar-refractivity contribution in [3.05, 3.63) is 33.8 Å². The molecule has 4 nitrogen and oxygen atoms in total. The van der Waals surface area contributed by atoms with Crippen LogP contribution in [0.15, 0.2) is 28.2 Å². The summed E-state index contributed by atoms with van der Waals surface area (Å²) in [6, 6.07) is 3.45. The largest absolute Gasteiger partial charge is 1.00 e. The van der Waals surface area contributed by atoms with Gasteiger partial charge in [0.1, 0.15) is 0 Å². The summed E-state index contributed by atoms with van der Waals surface area (Å²) in [6.07, 6.45) is 1.50. The van der Waals surface area contributed by atoms with E-state index in [1.165, 1.54) is 10.9 Å². The molecule has 0 saturated heterocycles. The van der Waals surface area contributed by atoms with Crippen molar-refractivity contribution in [2.45, 2.75) is 11.4 Å². The van der Waals surface area contributed by atoms with Crippen molar-refractivity contribution in [2.75, 3.05) is 13.7 Å². The first kappa shape index (κ1) is 16.7. The number of halogens is 1. The van der Waals surface area contributed by atoms with E-state index in [-0.39, 0.29) is 58.4 Å². The minimum absolute atomic E-state index is 0. The van der Waals surface area contributed by atoms with Crippen LogP contribution in [0, 0.1) is 0 Å². The van der Waals surface area contributed by atoms with Crippen LogP contribution in [-0.4, -0.2) is 23.3 Å². The first-order valence-corrected chi connectivity index (χ1v) is 5.83. The van der Waals surface area contributed by atoms with Crippen molar-refractivity contribution in [1.82, 2.24) is 9.55 Å². The van der Waals surface area contributed by atoms with E-state index in [0.717, 1.165) is 0 Å². The molecule has 0 aliphatic heterocycles. The van der Waals surface area contributed by atoms with Crippen LogP contribution < -0.4 is 56.9 Å². The molecule has 92 valence electrons. The topological polar surface area (TPSA) is 44.1 Å². The second kappa shape index (κ2) is 7.40. The van der Waals surface area contributed by atoms with E-state index >= 15 is 0 Å². The van der Waals surface area contributed by atoms with Crippen molar-refractivity contribution in [3.63, 3.8) is 0 Å². The fourth-order valence-corrected chi connectivity index (χ4v) is 1.97. The molecule has 18 heavy (non-hydrogen) atoms. The predicted molar refractivity (Wildman–Crippen MR) is 71.3 cm³/mol. The second-order valence-corrected chi connectivity index (χ2v) is 4.39. The first-order chi connectivity index (χ1) is 8.15. The molecule has 0 aliphatic carbocycles. The molecule has 0 bridgehead atoms. The zero-order valence-electron chi connectivity index (χ0n) is 11.2. The van der Waals surface area contributed by atoms with Crippen LogP contribution in [0.5, 0.6) is 0 Å². The minimum Gasteiger partial charge on any atom is -1.00 e. The van der Waals surface area contributed by atoms with Gasteiger partial charge in [-0.05, 0) is 12.1 Å². The Hall–Kier alpha value is 0.596. The summed E-state index contributed by atoms with van der Waals surface area (Å²) in [6.45, 7) is 0.899. The maximum Gasteiger partial charge on any atom is 1.00 e. The summed E-state index contributed by atoms with van der Waals surface area (Å²) in [5, 5.41) is 0.743. The molecular weight excluding hydrogens is 299 g/mol. The molecule has 0 unspecified atom stereocenters. The van der Waals surface area contributed by atoms with Crippen LogP contribution in [0.2, 0.25) is 5.02 Å². The molecule has 0 aliphatic rings. The Morgan fingerprint density at radius 1 is 1.56 bits per heavy atom. The number of benzene rings is 1. The molecule has 0 amide bonds. The molecule has 0 N–H and O–H groups in total. The molecule has 7 heteroatoms. The minimum atomic E-state index is -0.173. The van der Waals surface area contributed by atoms with Gasteiger partial charge < -0.3 is 6.16 Å². The Labute approximate surface area is 159 Å². The van der Waals surface area contributed by atoms with Crippen molar-refractivity contribution >= 4 is 35.1 Å². The number of nitrogens with zero attached hydrogens (tertiary/aromatic N) is 2. The molecule has 0 saturated carbocycles. The molecule has 0 radical (unpaired) electrons.